The number of methoxy groups -OCH3 is 1. The molecular weight excluding hydrogens is 314 g/mol. The Morgan fingerprint density at radius 2 is 2.00 bits per heavy atom. The molecule has 0 saturated heterocycles. The van der Waals surface area contributed by atoms with E-state index in [1.54, 1.807) is 7.11 Å². The average molecular weight is 343 g/mol. The number of aliphatic imine (C=N–C) groups is 1. The van der Waals surface area contributed by atoms with Crippen LogP contribution in [0.15, 0.2) is 23.2 Å². The molecule has 0 unspecified atom stereocenters. The number of aryl methyl sites for hydroxylation is 3. The van der Waals surface area contributed by atoms with E-state index in [0.717, 1.165) is 29.5 Å². The molecule has 0 radical (unpaired) electrons. The molecule has 0 fully saturated rings. The second-order valence-electron chi connectivity index (χ2n) is 6.14. The van der Waals surface area contributed by atoms with Crippen LogP contribution in [0.1, 0.15) is 35.0 Å². The number of hydrogen-bond donors (Lipinski definition) is 2. The van der Waals surface area contributed by atoms with Crippen LogP contribution >= 0.6 is 0 Å². The third-order valence-corrected chi connectivity index (χ3v) is 4.29. The molecule has 2 rings (SSSR count). The van der Waals surface area contributed by atoms with E-state index in [1.807, 2.05) is 24.7 Å². The Balaban J connectivity index is 2.10. The van der Waals surface area contributed by atoms with Crippen molar-refractivity contribution in [3.8, 4) is 5.75 Å². The predicted octanol–water partition coefficient (Wildman–Crippen LogP) is 2.61. The van der Waals surface area contributed by atoms with Gasteiger partial charge in [-0.2, -0.15) is 5.10 Å². The molecule has 6 nitrogen and oxygen atoms in total. The number of aromatic nitrogens is 2. The summed E-state index contributed by atoms with van der Waals surface area (Å²) in [5, 5.41) is 11.1. The lowest BCUT2D eigenvalue weighted by Gasteiger charge is -2.13. The van der Waals surface area contributed by atoms with E-state index in [2.05, 4.69) is 48.6 Å². The van der Waals surface area contributed by atoms with Gasteiger partial charge in [0.1, 0.15) is 5.75 Å². The Morgan fingerprint density at radius 3 is 2.60 bits per heavy atom. The second kappa shape index (κ2) is 8.55. The Bertz CT molecular complexity index is 749. The number of rotatable bonds is 6. The molecule has 0 aliphatic rings. The van der Waals surface area contributed by atoms with Crippen LogP contribution in [0.2, 0.25) is 0 Å². The highest BCUT2D eigenvalue weighted by Gasteiger charge is 2.10. The van der Waals surface area contributed by atoms with E-state index < -0.39 is 0 Å². The van der Waals surface area contributed by atoms with Gasteiger partial charge in [0.15, 0.2) is 5.96 Å². The summed E-state index contributed by atoms with van der Waals surface area (Å²) in [5.74, 6) is 1.66. The SMILES string of the molecule is CCNC(=NCc1ccc(C)cc1OC)NCc1c(C)nn(C)c1C. The third-order valence-electron chi connectivity index (χ3n) is 4.29. The Kier molecular flexibility index (Phi) is 6.44. The molecule has 0 bridgehead atoms. The lowest BCUT2D eigenvalue weighted by atomic mass is 10.1. The minimum absolute atomic E-state index is 0.559. The maximum atomic E-state index is 5.46. The van der Waals surface area contributed by atoms with Gasteiger partial charge < -0.3 is 15.4 Å². The normalized spacial score (nSPS) is 11.5. The first kappa shape index (κ1) is 18.8. The smallest absolute Gasteiger partial charge is 0.191 e. The number of nitrogens with one attached hydrogen (secondary N) is 2. The molecule has 0 aliphatic heterocycles. The maximum Gasteiger partial charge on any atom is 0.191 e. The zero-order chi connectivity index (χ0) is 18.4. The zero-order valence-electron chi connectivity index (χ0n) is 16.1. The molecule has 2 N–H and O–H groups in total. The highest BCUT2D eigenvalue weighted by atomic mass is 16.5. The summed E-state index contributed by atoms with van der Waals surface area (Å²) in [6.45, 7) is 10.3. The standard InChI is InChI=1S/C19H29N5O/c1-7-20-19(22-12-17-14(3)23-24(5)15(17)4)21-11-16-9-8-13(2)10-18(16)25-6/h8-10H,7,11-12H2,1-6H3,(H2,20,21,22). The Hall–Kier alpha value is -2.50. The minimum Gasteiger partial charge on any atom is -0.496 e. The predicted molar refractivity (Wildman–Crippen MR) is 102 cm³/mol. The van der Waals surface area contributed by atoms with Gasteiger partial charge in [0.2, 0.25) is 0 Å². The maximum absolute atomic E-state index is 5.46. The van der Waals surface area contributed by atoms with Crippen molar-refractivity contribution in [2.24, 2.45) is 12.0 Å². The van der Waals surface area contributed by atoms with Crippen LogP contribution in [0.25, 0.3) is 0 Å². The van der Waals surface area contributed by atoms with Gasteiger partial charge in [-0.05, 0) is 39.3 Å². The van der Waals surface area contributed by atoms with Crippen LogP contribution in [0.5, 0.6) is 5.75 Å². The molecule has 0 spiro atoms. The Labute approximate surface area is 150 Å². The monoisotopic (exact) mass is 343 g/mol. The first-order valence-corrected chi connectivity index (χ1v) is 8.61. The van der Waals surface area contributed by atoms with Gasteiger partial charge in [-0.1, -0.05) is 12.1 Å². The van der Waals surface area contributed by atoms with Crippen LogP contribution in [-0.2, 0) is 20.1 Å². The molecule has 2 aromatic rings. The van der Waals surface area contributed by atoms with Crippen molar-refractivity contribution in [2.45, 2.75) is 40.8 Å². The van der Waals surface area contributed by atoms with Crippen molar-refractivity contribution >= 4 is 5.96 Å². The van der Waals surface area contributed by atoms with Crippen molar-refractivity contribution in [2.75, 3.05) is 13.7 Å². The third kappa shape index (κ3) is 4.75. The number of benzene rings is 1. The molecule has 1 aromatic heterocycles. The number of guanidine groups is 1. The van der Waals surface area contributed by atoms with E-state index in [9.17, 15) is 0 Å². The van der Waals surface area contributed by atoms with Crippen LogP contribution < -0.4 is 15.4 Å². The second-order valence-corrected chi connectivity index (χ2v) is 6.14. The van der Waals surface area contributed by atoms with E-state index in [4.69, 9.17) is 9.73 Å². The first-order valence-electron chi connectivity index (χ1n) is 8.61. The molecule has 0 saturated carbocycles. The van der Waals surface area contributed by atoms with Gasteiger partial charge in [-0.3, -0.25) is 4.68 Å². The minimum atomic E-state index is 0.559. The highest BCUT2D eigenvalue weighted by molar-refractivity contribution is 5.79. The highest BCUT2D eigenvalue weighted by Crippen LogP contribution is 2.20. The lowest BCUT2D eigenvalue weighted by molar-refractivity contribution is 0.409. The van der Waals surface area contributed by atoms with Gasteiger partial charge in [0, 0.05) is 37.0 Å². The van der Waals surface area contributed by atoms with E-state index in [-0.39, 0.29) is 0 Å². The number of ether oxygens (including phenoxy) is 1. The first-order chi connectivity index (χ1) is 12.0. The molecule has 1 aromatic carbocycles. The quantitative estimate of drug-likeness (QED) is 0.625. The lowest BCUT2D eigenvalue weighted by Crippen LogP contribution is -2.37. The van der Waals surface area contributed by atoms with E-state index in [1.165, 1.54) is 16.8 Å². The fraction of sp³-hybridized carbons (Fsp3) is 0.474. The summed E-state index contributed by atoms with van der Waals surface area (Å²) >= 11 is 0. The van der Waals surface area contributed by atoms with Crippen molar-refractivity contribution in [3.05, 3.63) is 46.3 Å². The van der Waals surface area contributed by atoms with Crippen LogP contribution in [0, 0.1) is 20.8 Å². The average Bonchev–Trinajstić information content (AvgIpc) is 2.83. The van der Waals surface area contributed by atoms with E-state index >= 15 is 0 Å². The van der Waals surface area contributed by atoms with Gasteiger partial charge in [0.05, 0.1) is 19.3 Å². The van der Waals surface area contributed by atoms with Crippen molar-refractivity contribution < 1.29 is 4.74 Å². The molecule has 1 heterocycles. The van der Waals surface area contributed by atoms with Crippen molar-refractivity contribution in [1.29, 1.82) is 0 Å². The topological polar surface area (TPSA) is 63.5 Å². The summed E-state index contributed by atoms with van der Waals surface area (Å²) in [7, 11) is 3.66. The largest absolute Gasteiger partial charge is 0.496 e. The summed E-state index contributed by atoms with van der Waals surface area (Å²) in [6.07, 6.45) is 0. The summed E-state index contributed by atoms with van der Waals surface area (Å²) in [5.41, 5.74) is 5.67. The van der Waals surface area contributed by atoms with Gasteiger partial charge in [-0.25, -0.2) is 4.99 Å². The molecule has 25 heavy (non-hydrogen) atoms. The summed E-state index contributed by atoms with van der Waals surface area (Å²) in [6, 6.07) is 6.18. The summed E-state index contributed by atoms with van der Waals surface area (Å²) < 4.78 is 7.37. The number of hydrogen-bond acceptors (Lipinski definition) is 3. The Morgan fingerprint density at radius 1 is 1.24 bits per heavy atom. The van der Waals surface area contributed by atoms with Gasteiger partial charge >= 0.3 is 0 Å². The van der Waals surface area contributed by atoms with E-state index in [0.29, 0.717) is 13.1 Å². The van der Waals surface area contributed by atoms with Crippen LogP contribution in [0.4, 0.5) is 0 Å². The van der Waals surface area contributed by atoms with Crippen molar-refractivity contribution in [1.82, 2.24) is 20.4 Å². The molecule has 0 atom stereocenters. The van der Waals surface area contributed by atoms with Crippen LogP contribution in [-0.4, -0.2) is 29.4 Å². The number of nitrogens with zero attached hydrogens (tertiary/aromatic N) is 3. The molecule has 136 valence electrons. The zero-order valence-corrected chi connectivity index (χ0v) is 16.1. The van der Waals surface area contributed by atoms with Gasteiger partial charge in [0.25, 0.3) is 0 Å². The molecule has 0 amide bonds. The molecular formula is C19H29N5O. The summed E-state index contributed by atoms with van der Waals surface area (Å²) in [4.78, 5) is 4.69. The van der Waals surface area contributed by atoms with Crippen molar-refractivity contribution in [3.63, 3.8) is 0 Å². The van der Waals surface area contributed by atoms with Crippen LogP contribution in [0.3, 0.4) is 0 Å². The van der Waals surface area contributed by atoms with Gasteiger partial charge in [-0.15, -0.1) is 0 Å². The molecule has 6 heteroatoms. The fourth-order valence-corrected chi connectivity index (χ4v) is 2.73. The fourth-order valence-electron chi connectivity index (χ4n) is 2.73. The molecule has 0 aliphatic carbocycles.